The molecule has 1 N–H and O–H groups in total. The minimum Gasteiger partial charge on any atom is -0.484 e. The van der Waals surface area contributed by atoms with Crippen molar-refractivity contribution < 1.29 is 23.1 Å². The van der Waals surface area contributed by atoms with Gasteiger partial charge >= 0.3 is 0 Å². The number of ether oxygens (including phenoxy) is 1. The number of carbonyl (C=O) groups excluding carboxylic acids is 2. The number of hydrogen-bond donors (Lipinski definition) is 1. The number of carbonyl (C=O) groups is 2. The number of pyridine rings is 1. The van der Waals surface area contributed by atoms with Crippen LogP contribution in [0.4, 0.5) is 8.78 Å². The van der Waals surface area contributed by atoms with Crippen LogP contribution in [0.3, 0.4) is 0 Å². The molecule has 0 radical (unpaired) electrons. The largest absolute Gasteiger partial charge is 0.484 e. The van der Waals surface area contributed by atoms with Crippen molar-refractivity contribution in [1.29, 1.82) is 0 Å². The number of nitrogens with one attached hydrogen (secondary N) is 1. The molecule has 0 aliphatic carbocycles. The van der Waals surface area contributed by atoms with Crippen LogP contribution in [-0.4, -0.2) is 58.8 Å². The minimum atomic E-state index is -0.487. The number of piperazine rings is 1. The summed E-state index contributed by atoms with van der Waals surface area (Å²) in [4.78, 5) is 32.9. The number of benzene rings is 2. The van der Waals surface area contributed by atoms with Gasteiger partial charge in [0.25, 0.3) is 5.91 Å². The average molecular weight is 549 g/mol. The molecule has 2 heterocycles. The number of aromatic nitrogens is 1. The van der Waals surface area contributed by atoms with Crippen molar-refractivity contribution in [3.05, 3.63) is 107 Å². The summed E-state index contributed by atoms with van der Waals surface area (Å²) in [6, 6.07) is 14.6. The van der Waals surface area contributed by atoms with Gasteiger partial charge in [-0.05, 0) is 80.4 Å². The second kappa shape index (κ2) is 12.8. The van der Waals surface area contributed by atoms with Crippen molar-refractivity contribution in [3.63, 3.8) is 0 Å². The molecule has 40 heavy (non-hydrogen) atoms. The fourth-order valence-corrected chi connectivity index (χ4v) is 4.73. The molecule has 2 atom stereocenters. The van der Waals surface area contributed by atoms with Crippen LogP contribution in [0, 0.1) is 25.5 Å². The van der Waals surface area contributed by atoms with Crippen LogP contribution in [0.25, 0.3) is 0 Å². The molecular weight excluding hydrogens is 514 g/mol. The van der Waals surface area contributed by atoms with Crippen LogP contribution in [0.1, 0.15) is 45.9 Å². The van der Waals surface area contributed by atoms with Crippen LogP contribution in [0.15, 0.2) is 67.3 Å². The molecule has 0 saturated carbocycles. The Morgan fingerprint density at radius 3 is 2.52 bits per heavy atom. The standard InChI is InChI=1S/C31H34F2N4O3/c1-5-30(38)37-15-14-36(18-22(37)4)19-29(24-8-6-20(2)27(33)16-24)40-25-11-9-23(10-12-25)31(39)34-17-28-26(32)13-7-21(3)35-28/h5-13,16,22,29H,1,14-15,17-19H2,2-4H3,(H,34,39)/t22-,29+/m1/s1. The molecule has 1 aromatic heterocycles. The highest BCUT2D eigenvalue weighted by atomic mass is 19.1. The number of aryl methyl sites for hydroxylation is 2. The molecule has 210 valence electrons. The van der Waals surface area contributed by atoms with Gasteiger partial charge in [0, 0.05) is 43.5 Å². The van der Waals surface area contributed by atoms with Crippen LogP contribution in [-0.2, 0) is 11.3 Å². The molecule has 2 amide bonds. The maximum absolute atomic E-state index is 14.5. The second-order valence-corrected chi connectivity index (χ2v) is 10.0. The van der Waals surface area contributed by atoms with Gasteiger partial charge < -0.3 is 15.0 Å². The molecule has 7 nitrogen and oxygen atoms in total. The number of rotatable bonds is 9. The molecule has 3 aromatic rings. The Balaban J connectivity index is 1.45. The predicted molar refractivity (Wildman–Crippen MR) is 149 cm³/mol. The van der Waals surface area contributed by atoms with Gasteiger partial charge in [0.2, 0.25) is 5.91 Å². The molecular formula is C31H34F2N4O3. The molecule has 1 saturated heterocycles. The SMILES string of the molecule is C=CC(=O)N1CCN(C[C@H](Oc2ccc(C(=O)NCc3nc(C)ccc3F)cc2)c2ccc(C)c(F)c2)C[C@H]1C. The zero-order chi connectivity index (χ0) is 28.8. The minimum absolute atomic E-state index is 0.00377. The molecule has 2 aromatic carbocycles. The quantitative estimate of drug-likeness (QED) is 0.391. The Kier molecular flexibility index (Phi) is 9.26. The lowest BCUT2D eigenvalue weighted by Gasteiger charge is -2.40. The monoisotopic (exact) mass is 548 g/mol. The first-order valence-corrected chi connectivity index (χ1v) is 13.2. The second-order valence-electron chi connectivity index (χ2n) is 10.0. The Bertz CT molecular complexity index is 1380. The first kappa shape index (κ1) is 28.9. The highest BCUT2D eigenvalue weighted by molar-refractivity contribution is 5.94. The maximum Gasteiger partial charge on any atom is 0.251 e. The van der Waals surface area contributed by atoms with Crippen molar-refractivity contribution in [3.8, 4) is 5.75 Å². The van der Waals surface area contributed by atoms with Crippen molar-refractivity contribution in [2.75, 3.05) is 26.2 Å². The van der Waals surface area contributed by atoms with E-state index in [1.165, 1.54) is 18.2 Å². The first-order chi connectivity index (χ1) is 19.1. The van der Waals surface area contributed by atoms with Gasteiger partial charge in [0.1, 0.15) is 23.5 Å². The third-order valence-corrected chi connectivity index (χ3v) is 7.03. The number of halogens is 2. The smallest absolute Gasteiger partial charge is 0.251 e. The number of nitrogens with zero attached hydrogens (tertiary/aromatic N) is 3. The molecule has 0 bridgehead atoms. The van der Waals surface area contributed by atoms with Crippen molar-refractivity contribution >= 4 is 11.8 Å². The van der Waals surface area contributed by atoms with E-state index in [-0.39, 0.29) is 35.9 Å². The van der Waals surface area contributed by atoms with Gasteiger partial charge in [0.15, 0.2) is 0 Å². The lowest BCUT2D eigenvalue weighted by molar-refractivity contribution is -0.130. The summed E-state index contributed by atoms with van der Waals surface area (Å²) in [5.41, 5.74) is 2.45. The van der Waals surface area contributed by atoms with Crippen molar-refractivity contribution in [2.45, 2.75) is 39.5 Å². The highest BCUT2D eigenvalue weighted by Gasteiger charge is 2.28. The lowest BCUT2D eigenvalue weighted by atomic mass is 10.0. The summed E-state index contributed by atoms with van der Waals surface area (Å²) < 4.78 is 34.8. The van der Waals surface area contributed by atoms with Gasteiger partial charge in [0.05, 0.1) is 12.2 Å². The number of hydrogen-bond acceptors (Lipinski definition) is 5. The normalized spacial score (nSPS) is 16.3. The number of amides is 2. The molecule has 9 heteroatoms. The van der Waals surface area contributed by atoms with Crippen LogP contribution >= 0.6 is 0 Å². The van der Waals surface area contributed by atoms with Crippen molar-refractivity contribution in [1.82, 2.24) is 20.1 Å². The third kappa shape index (κ3) is 7.09. The predicted octanol–water partition coefficient (Wildman–Crippen LogP) is 4.75. The third-order valence-electron chi connectivity index (χ3n) is 7.03. The molecule has 1 aliphatic heterocycles. The Hall–Kier alpha value is -4.11. The van der Waals surface area contributed by atoms with Crippen LogP contribution < -0.4 is 10.1 Å². The zero-order valence-electron chi connectivity index (χ0n) is 23.0. The van der Waals surface area contributed by atoms with E-state index in [2.05, 4.69) is 21.8 Å². The Morgan fingerprint density at radius 1 is 1.10 bits per heavy atom. The van der Waals surface area contributed by atoms with E-state index >= 15 is 0 Å². The van der Waals surface area contributed by atoms with Gasteiger partial charge in [-0.1, -0.05) is 18.7 Å². The Morgan fingerprint density at radius 2 is 1.85 bits per heavy atom. The molecule has 0 unspecified atom stereocenters. The average Bonchev–Trinajstić information content (AvgIpc) is 2.94. The van der Waals surface area contributed by atoms with Gasteiger partial charge in [-0.3, -0.25) is 19.5 Å². The summed E-state index contributed by atoms with van der Waals surface area (Å²) in [5, 5.41) is 2.69. The van der Waals surface area contributed by atoms with E-state index in [1.807, 2.05) is 13.0 Å². The summed E-state index contributed by atoms with van der Waals surface area (Å²) in [6.07, 6.45) is 0.841. The molecule has 0 spiro atoms. The van der Waals surface area contributed by atoms with Gasteiger partial charge in [-0.15, -0.1) is 0 Å². The first-order valence-electron chi connectivity index (χ1n) is 13.2. The van der Waals surface area contributed by atoms with E-state index in [0.29, 0.717) is 54.3 Å². The lowest BCUT2D eigenvalue weighted by Crippen LogP contribution is -2.54. The van der Waals surface area contributed by atoms with E-state index < -0.39 is 11.9 Å². The zero-order valence-corrected chi connectivity index (χ0v) is 23.0. The fourth-order valence-electron chi connectivity index (χ4n) is 4.73. The summed E-state index contributed by atoms with van der Waals surface area (Å²) >= 11 is 0. The molecule has 4 rings (SSSR count). The van der Waals surface area contributed by atoms with Crippen LogP contribution in [0.5, 0.6) is 5.75 Å². The topological polar surface area (TPSA) is 74.8 Å². The van der Waals surface area contributed by atoms with E-state index in [4.69, 9.17) is 4.74 Å². The van der Waals surface area contributed by atoms with E-state index in [1.54, 1.807) is 55.1 Å². The summed E-state index contributed by atoms with van der Waals surface area (Å²) in [7, 11) is 0. The summed E-state index contributed by atoms with van der Waals surface area (Å²) in [5.74, 6) is -0.733. The highest BCUT2D eigenvalue weighted by Crippen LogP contribution is 2.26. The van der Waals surface area contributed by atoms with E-state index in [9.17, 15) is 18.4 Å². The molecule has 1 aliphatic rings. The fraction of sp³-hybridized carbons (Fsp3) is 0.323. The van der Waals surface area contributed by atoms with Gasteiger partial charge in [-0.25, -0.2) is 8.78 Å². The van der Waals surface area contributed by atoms with E-state index in [0.717, 1.165) is 0 Å². The molecule has 1 fully saturated rings. The van der Waals surface area contributed by atoms with Crippen molar-refractivity contribution in [2.24, 2.45) is 0 Å². The van der Waals surface area contributed by atoms with Crippen LogP contribution in [0.2, 0.25) is 0 Å². The summed E-state index contributed by atoms with van der Waals surface area (Å²) in [6.45, 7) is 11.3. The Labute approximate surface area is 233 Å². The van der Waals surface area contributed by atoms with Gasteiger partial charge in [-0.2, -0.15) is 0 Å². The maximum atomic E-state index is 14.5.